The zero-order valence-corrected chi connectivity index (χ0v) is 9.82. The SMILES string of the molecule is CS(=O)(=O)c1cccc(NC(=O)CC(=O)O)c1. The zero-order chi connectivity index (χ0) is 13.1. The number of carboxylic acids is 1. The Balaban J connectivity index is 2.87. The summed E-state index contributed by atoms with van der Waals surface area (Å²) in [5.41, 5.74) is 0.249. The average Bonchev–Trinajstić information content (AvgIpc) is 2.15. The third-order valence-corrected chi connectivity index (χ3v) is 2.97. The summed E-state index contributed by atoms with van der Waals surface area (Å²) in [6.45, 7) is 0. The van der Waals surface area contributed by atoms with E-state index in [1.807, 2.05) is 0 Å². The van der Waals surface area contributed by atoms with Crippen LogP contribution in [-0.2, 0) is 19.4 Å². The van der Waals surface area contributed by atoms with Gasteiger partial charge in [-0.05, 0) is 18.2 Å². The molecule has 0 fully saturated rings. The topological polar surface area (TPSA) is 101 Å². The predicted molar refractivity (Wildman–Crippen MR) is 60.4 cm³/mol. The largest absolute Gasteiger partial charge is 0.481 e. The zero-order valence-electron chi connectivity index (χ0n) is 9.00. The molecule has 0 aliphatic carbocycles. The molecule has 0 aliphatic rings. The van der Waals surface area contributed by atoms with E-state index in [1.54, 1.807) is 0 Å². The van der Waals surface area contributed by atoms with Crippen LogP contribution in [0.15, 0.2) is 29.2 Å². The van der Waals surface area contributed by atoms with Gasteiger partial charge in [0.25, 0.3) is 0 Å². The number of hydrogen-bond donors (Lipinski definition) is 2. The molecule has 7 heteroatoms. The van der Waals surface area contributed by atoms with Crippen LogP contribution in [0.5, 0.6) is 0 Å². The van der Waals surface area contributed by atoms with Crippen LogP contribution in [0.3, 0.4) is 0 Å². The third kappa shape index (κ3) is 4.23. The lowest BCUT2D eigenvalue weighted by Gasteiger charge is -2.05. The van der Waals surface area contributed by atoms with E-state index in [-0.39, 0.29) is 10.6 Å². The van der Waals surface area contributed by atoms with Crippen LogP contribution in [0.4, 0.5) is 5.69 Å². The van der Waals surface area contributed by atoms with Gasteiger partial charge < -0.3 is 10.4 Å². The Morgan fingerprint density at radius 2 is 2.00 bits per heavy atom. The summed E-state index contributed by atoms with van der Waals surface area (Å²) in [5, 5.41) is 10.7. The van der Waals surface area contributed by atoms with Gasteiger partial charge in [0.1, 0.15) is 6.42 Å². The van der Waals surface area contributed by atoms with Gasteiger partial charge in [-0.15, -0.1) is 0 Å². The number of anilines is 1. The Bertz CT molecular complexity index is 550. The summed E-state index contributed by atoms with van der Waals surface area (Å²) in [5.74, 6) is -1.95. The molecule has 0 radical (unpaired) electrons. The maximum absolute atomic E-state index is 11.2. The van der Waals surface area contributed by atoms with E-state index in [4.69, 9.17) is 5.11 Å². The van der Waals surface area contributed by atoms with E-state index in [2.05, 4.69) is 5.32 Å². The molecule has 0 heterocycles. The number of benzene rings is 1. The number of rotatable bonds is 4. The molecule has 0 spiro atoms. The molecule has 1 aromatic carbocycles. The summed E-state index contributed by atoms with van der Waals surface area (Å²) < 4.78 is 22.5. The maximum Gasteiger partial charge on any atom is 0.312 e. The molecule has 2 N–H and O–H groups in total. The maximum atomic E-state index is 11.2. The number of hydrogen-bond acceptors (Lipinski definition) is 4. The second kappa shape index (κ2) is 4.96. The first-order valence-corrected chi connectivity index (χ1v) is 6.50. The van der Waals surface area contributed by atoms with Crippen molar-refractivity contribution in [2.45, 2.75) is 11.3 Å². The number of sulfone groups is 1. The monoisotopic (exact) mass is 257 g/mol. The highest BCUT2D eigenvalue weighted by Gasteiger charge is 2.10. The summed E-state index contributed by atoms with van der Waals surface area (Å²) in [4.78, 5) is 21.5. The first kappa shape index (κ1) is 13.2. The van der Waals surface area contributed by atoms with Gasteiger partial charge in [0, 0.05) is 11.9 Å². The van der Waals surface area contributed by atoms with Crippen molar-refractivity contribution in [1.29, 1.82) is 0 Å². The fourth-order valence-electron chi connectivity index (χ4n) is 1.15. The molecule has 0 aliphatic heterocycles. The Kier molecular flexibility index (Phi) is 3.84. The molecular formula is C10H11NO5S. The Labute approximate surface area is 98.2 Å². The van der Waals surface area contributed by atoms with Crippen molar-refractivity contribution in [3.05, 3.63) is 24.3 Å². The molecule has 17 heavy (non-hydrogen) atoms. The third-order valence-electron chi connectivity index (χ3n) is 1.86. The minimum Gasteiger partial charge on any atom is -0.481 e. The highest BCUT2D eigenvalue weighted by molar-refractivity contribution is 7.90. The highest BCUT2D eigenvalue weighted by atomic mass is 32.2. The molecule has 0 bridgehead atoms. The standard InChI is InChI=1S/C10H11NO5S/c1-17(15,16)8-4-2-3-7(5-8)11-9(12)6-10(13)14/h2-5H,6H2,1H3,(H,11,12)(H,13,14). The number of carbonyl (C=O) groups excluding carboxylic acids is 1. The summed E-state index contributed by atoms with van der Waals surface area (Å²) in [6, 6.07) is 5.61. The Morgan fingerprint density at radius 1 is 1.35 bits per heavy atom. The molecule has 92 valence electrons. The van der Waals surface area contributed by atoms with Crippen LogP contribution in [0.1, 0.15) is 6.42 Å². The molecule has 0 saturated carbocycles. The quantitative estimate of drug-likeness (QED) is 0.765. The number of carbonyl (C=O) groups is 2. The van der Waals surface area contributed by atoms with Crippen LogP contribution in [0, 0.1) is 0 Å². The molecular weight excluding hydrogens is 246 g/mol. The molecule has 0 unspecified atom stereocenters. The van der Waals surface area contributed by atoms with Crippen LogP contribution < -0.4 is 5.32 Å². The van der Waals surface area contributed by atoms with Gasteiger partial charge in [0.2, 0.25) is 5.91 Å². The van der Waals surface area contributed by atoms with Crippen LogP contribution in [0.2, 0.25) is 0 Å². The van der Waals surface area contributed by atoms with E-state index in [1.165, 1.54) is 24.3 Å². The van der Waals surface area contributed by atoms with E-state index in [9.17, 15) is 18.0 Å². The van der Waals surface area contributed by atoms with Crippen LogP contribution in [0.25, 0.3) is 0 Å². The highest BCUT2D eigenvalue weighted by Crippen LogP contribution is 2.15. The molecule has 0 atom stereocenters. The lowest BCUT2D eigenvalue weighted by molar-refractivity contribution is -0.139. The van der Waals surface area contributed by atoms with Gasteiger partial charge in [-0.25, -0.2) is 8.42 Å². The van der Waals surface area contributed by atoms with E-state index in [0.29, 0.717) is 0 Å². The van der Waals surface area contributed by atoms with Gasteiger partial charge in [-0.3, -0.25) is 9.59 Å². The van der Waals surface area contributed by atoms with Crippen molar-refractivity contribution in [1.82, 2.24) is 0 Å². The normalized spacial score (nSPS) is 10.9. The van der Waals surface area contributed by atoms with Crippen LogP contribution in [-0.4, -0.2) is 31.7 Å². The van der Waals surface area contributed by atoms with Crippen molar-refractivity contribution in [2.24, 2.45) is 0 Å². The van der Waals surface area contributed by atoms with Gasteiger partial charge in [-0.2, -0.15) is 0 Å². The summed E-state index contributed by atoms with van der Waals surface area (Å²) >= 11 is 0. The molecule has 1 amide bonds. The first-order chi connectivity index (χ1) is 7.79. The number of aliphatic carboxylic acids is 1. The number of nitrogens with one attached hydrogen (secondary N) is 1. The summed E-state index contributed by atoms with van der Waals surface area (Å²) in [6.07, 6.45) is 0.383. The van der Waals surface area contributed by atoms with E-state index < -0.39 is 28.1 Å². The van der Waals surface area contributed by atoms with E-state index in [0.717, 1.165) is 6.26 Å². The number of amides is 1. The fourth-order valence-corrected chi connectivity index (χ4v) is 1.81. The molecule has 0 saturated heterocycles. The second-order valence-corrected chi connectivity index (χ2v) is 5.43. The van der Waals surface area contributed by atoms with Gasteiger partial charge in [0.15, 0.2) is 9.84 Å². The molecule has 1 rings (SSSR count). The minimum absolute atomic E-state index is 0.0608. The van der Waals surface area contributed by atoms with Gasteiger partial charge in [-0.1, -0.05) is 6.07 Å². The van der Waals surface area contributed by atoms with Crippen molar-refractivity contribution >= 4 is 27.4 Å². The second-order valence-electron chi connectivity index (χ2n) is 3.42. The number of carboxylic acid groups (broad SMARTS) is 1. The predicted octanol–water partition coefficient (Wildman–Crippen LogP) is 0.503. The van der Waals surface area contributed by atoms with Crippen molar-refractivity contribution in [3.63, 3.8) is 0 Å². The molecule has 6 nitrogen and oxygen atoms in total. The first-order valence-electron chi connectivity index (χ1n) is 4.61. The average molecular weight is 257 g/mol. The summed E-state index contributed by atoms with van der Waals surface area (Å²) in [7, 11) is -3.35. The molecule has 1 aromatic rings. The smallest absolute Gasteiger partial charge is 0.312 e. The Morgan fingerprint density at radius 3 is 2.53 bits per heavy atom. The lowest BCUT2D eigenvalue weighted by Crippen LogP contribution is -2.16. The van der Waals surface area contributed by atoms with Gasteiger partial charge >= 0.3 is 5.97 Å². The van der Waals surface area contributed by atoms with E-state index >= 15 is 0 Å². The fraction of sp³-hybridized carbons (Fsp3) is 0.200. The van der Waals surface area contributed by atoms with Crippen molar-refractivity contribution in [3.8, 4) is 0 Å². The van der Waals surface area contributed by atoms with Crippen LogP contribution >= 0.6 is 0 Å². The molecule has 0 aromatic heterocycles. The Hall–Kier alpha value is -1.89. The lowest BCUT2D eigenvalue weighted by atomic mass is 10.3. The minimum atomic E-state index is -3.35. The van der Waals surface area contributed by atoms with Crippen molar-refractivity contribution < 1.29 is 23.1 Å². The van der Waals surface area contributed by atoms with Gasteiger partial charge in [0.05, 0.1) is 4.90 Å². The van der Waals surface area contributed by atoms with Crippen molar-refractivity contribution in [2.75, 3.05) is 11.6 Å².